The molecule has 9 nitrogen and oxygen atoms in total. The maximum absolute atomic E-state index is 12.4. The SMILES string of the molecule is CCCCC/C=C\C=C\C(=O)CCCCCCCC(=O)OC[C@H](COP(=O)(O)O)OC(=O)CC/C=C\C/C=C\C/C=C\C/C=C\C/C=C\CCCCC. The number of rotatable bonds is 35. The molecule has 0 radical (unpaired) electrons. The minimum absolute atomic E-state index is 0.0591. The highest BCUT2D eigenvalue weighted by molar-refractivity contribution is 7.46. The minimum Gasteiger partial charge on any atom is -0.462 e. The normalized spacial score (nSPS) is 13.3. The average molecular weight is 761 g/mol. The van der Waals surface area contributed by atoms with Gasteiger partial charge in [-0.2, -0.15) is 0 Å². The van der Waals surface area contributed by atoms with Crippen LogP contribution >= 0.6 is 7.82 Å². The lowest BCUT2D eigenvalue weighted by Gasteiger charge is -2.18. The second kappa shape index (κ2) is 37.2. The van der Waals surface area contributed by atoms with Crippen molar-refractivity contribution in [3.05, 3.63) is 85.1 Å². The van der Waals surface area contributed by atoms with Crippen LogP contribution < -0.4 is 0 Å². The fourth-order valence-electron chi connectivity index (χ4n) is 4.86. The number of allylic oxidation sites excluding steroid dienone is 14. The Hall–Kier alpha value is -3.10. The molecule has 0 saturated carbocycles. The van der Waals surface area contributed by atoms with Crippen molar-refractivity contribution in [3.8, 4) is 0 Å². The summed E-state index contributed by atoms with van der Waals surface area (Å²) < 4.78 is 26.2. The van der Waals surface area contributed by atoms with E-state index in [0.717, 1.165) is 57.8 Å². The number of carbonyl (C=O) groups is 3. The lowest BCUT2D eigenvalue weighted by molar-refractivity contribution is -0.161. The fourth-order valence-corrected chi connectivity index (χ4v) is 5.22. The zero-order chi connectivity index (χ0) is 39.1. The number of unbranched alkanes of at least 4 members (excludes halogenated alkanes) is 10. The summed E-state index contributed by atoms with van der Waals surface area (Å²) in [4.78, 5) is 54.7. The molecule has 1 atom stereocenters. The molecule has 0 bridgehead atoms. The first-order valence-electron chi connectivity index (χ1n) is 19.8. The van der Waals surface area contributed by atoms with Crippen molar-refractivity contribution in [2.45, 2.75) is 155 Å². The van der Waals surface area contributed by atoms with E-state index in [1.807, 2.05) is 18.2 Å². The summed E-state index contributed by atoms with van der Waals surface area (Å²) in [7, 11) is -4.80. The Balaban J connectivity index is 4.19. The summed E-state index contributed by atoms with van der Waals surface area (Å²) in [5.41, 5.74) is 0. The molecular weight excluding hydrogens is 691 g/mol. The number of ether oxygens (including phenoxy) is 2. The van der Waals surface area contributed by atoms with Gasteiger partial charge in [0.25, 0.3) is 0 Å². The van der Waals surface area contributed by atoms with Gasteiger partial charge in [0.1, 0.15) is 6.61 Å². The molecule has 10 heteroatoms. The maximum Gasteiger partial charge on any atom is 0.469 e. The van der Waals surface area contributed by atoms with E-state index in [2.05, 4.69) is 73.1 Å². The van der Waals surface area contributed by atoms with Crippen LogP contribution in [0.4, 0.5) is 0 Å². The first-order chi connectivity index (χ1) is 25.7. The van der Waals surface area contributed by atoms with Gasteiger partial charge in [0, 0.05) is 19.3 Å². The predicted molar refractivity (Wildman–Crippen MR) is 216 cm³/mol. The zero-order valence-corrected chi connectivity index (χ0v) is 33.5. The van der Waals surface area contributed by atoms with Crippen LogP contribution in [0.3, 0.4) is 0 Å². The van der Waals surface area contributed by atoms with Gasteiger partial charge in [0.15, 0.2) is 11.9 Å². The van der Waals surface area contributed by atoms with E-state index in [1.165, 1.54) is 44.9 Å². The molecule has 0 aromatic heterocycles. The van der Waals surface area contributed by atoms with Crippen LogP contribution in [0.25, 0.3) is 0 Å². The van der Waals surface area contributed by atoms with Crippen molar-refractivity contribution in [2.24, 2.45) is 0 Å². The lowest BCUT2D eigenvalue weighted by Crippen LogP contribution is -2.29. The van der Waals surface area contributed by atoms with Gasteiger partial charge in [0.2, 0.25) is 0 Å². The van der Waals surface area contributed by atoms with Crippen LogP contribution in [0.2, 0.25) is 0 Å². The molecule has 0 aliphatic heterocycles. The van der Waals surface area contributed by atoms with Gasteiger partial charge < -0.3 is 19.3 Å². The predicted octanol–water partition coefficient (Wildman–Crippen LogP) is 11.2. The molecule has 0 saturated heterocycles. The second-order valence-electron chi connectivity index (χ2n) is 12.9. The van der Waals surface area contributed by atoms with Gasteiger partial charge in [-0.1, -0.05) is 138 Å². The second-order valence-corrected chi connectivity index (χ2v) is 14.2. The van der Waals surface area contributed by atoms with Crippen molar-refractivity contribution in [2.75, 3.05) is 13.2 Å². The van der Waals surface area contributed by atoms with Crippen molar-refractivity contribution in [1.82, 2.24) is 0 Å². The molecule has 0 aromatic rings. The van der Waals surface area contributed by atoms with E-state index in [-0.39, 0.29) is 25.2 Å². The molecule has 0 aromatic carbocycles. The third-order valence-electron chi connectivity index (χ3n) is 7.88. The van der Waals surface area contributed by atoms with E-state index >= 15 is 0 Å². The van der Waals surface area contributed by atoms with Crippen molar-refractivity contribution >= 4 is 25.5 Å². The van der Waals surface area contributed by atoms with Crippen molar-refractivity contribution < 1.29 is 42.7 Å². The van der Waals surface area contributed by atoms with Crippen LogP contribution in [0.1, 0.15) is 149 Å². The Bertz CT molecular complexity index is 1190. The number of phosphoric ester groups is 1. The lowest BCUT2D eigenvalue weighted by atomic mass is 10.1. The molecular formula is C43H69O9P. The van der Waals surface area contributed by atoms with E-state index in [0.29, 0.717) is 19.3 Å². The first kappa shape index (κ1) is 49.9. The largest absolute Gasteiger partial charge is 0.469 e. The molecule has 0 amide bonds. The van der Waals surface area contributed by atoms with Gasteiger partial charge in [-0.15, -0.1) is 0 Å². The summed E-state index contributed by atoms with van der Waals surface area (Å²) >= 11 is 0. The molecule has 0 heterocycles. The maximum atomic E-state index is 12.4. The van der Waals surface area contributed by atoms with Crippen LogP contribution in [0.15, 0.2) is 85.1 Å². The Labute approximate surface area is 320 Å². The van der Waals surface area contributed by atoms with Crippen molar-refractivity contribution in [1.29, 1.82) is 0 Å². The third kappa shape index (κ3) is 39.9. The van der Waals surface area contributed by atoms with E-state index in [1.54, 1.807) is 12.2 Å². The summed E-state index contributed by atoms with van der Waals surface area (Å²) in [6, 6.07) is 0. The molecule has 300 valence electrons. The van der Waals surface area contributed by atoms with Gasteiger partial charge in [-0.05, 0) is 76.7 Å². The van der Waals surface area contributed by atoms with Gasteiger partial charge in [-0.3, -0.25) is 18.9 Å². The van der Waals surface area contributed by atoms with E-state index < -0.39 is 32.5 Å². The summed E-state index contributed by atoms with van der Waals surface area (Å²) in [5.74, 6) is -0.972. The zero-order valence-electron chi connectivity index (χ0n) is 32.6. The number of hydrogen-bond donors (Lipinski definition) is 2. The minimum atomic E-state index is -4.80. The summed E-state index contributed by atoms with van der Waals surface area (Å²) in [5, 5.41) is 0. The monoisotopic (exact) mass is 760 g/mol. The Morgan fingerprint density at radius 1 is 0.547 bits per heavy atom. The molecule has 0 aliphatic carbocycles. The molecule has 2 N–H and O–H groups in total. The molecule has 0 rings (SSSR count). The third-order valence-corrected chi connectivity index (χ3v) is 8.36. The highest BCUT2D eigenvalue weighted by atomic mass is 31.2. The molecule has 0 aliphatic rings. The summed E-state index contributed by atoms with van der Waals surface area (Å²) in [6.07, 6.45) is 45.6. The average Bonchev–Trinajstić information content (AvgIpc) is 3.12. The number of phosphoric acid groups is 1. The number of ketones is 1. The smallest absolute Gasteiger partial charge is 0.462 e. The number of esters is 2. The summed E-state index contributed by atoms with van der Waals surface area (Å²) in [6.45, 7) is 3.42. The van der Waals surface area contributed by atoms with Crippen molar-refractivity contribution in [3.63, 3.8) is 0 Å². The Kier molecular flexibility index (Phi) is 35.0. The molecule has 0 unspecified atom stereocenters. The quantitative estimate of drug-likeness (QED) is 0.0161. The van der Waals surface area contributed by atoms with E-state index in [9.17, 15) is 18.9 Å². The van der Waals surface area contributed by atoms with Crippen LogP contribution in [-0.2, 0) is 32.9 Å². The highest BCUT2D eigenvalue weighted by Gasteiger charge is 2.22. The highest BCUT2D eigenvalue weighted by Crippen LogP contribution is 2.35. The topological polar surface area (TPSA) is 136 Å². The standard InChI is InChI=1S/C43H69O9P/c1-3-5-7-9-11-12-13-14-15-16-17-18-19-20-21-22-24-28-33-37-43(46)52-41(39-51-53(47,48)49)38-50-42(45)36-32-29-25-27-31-35-40(44)34-30-26-23-10-8-6-4-2/h11-12,14-15,17-18,20-21,23-24,26,28,30,34,41H,3-10,13,16,19,22,25,27,29,31-33,35-39H2,1-2H3,(H2,47,48,49)/b12-11-,15-14-,18-17-,21-20-,26-23-,28-24-,34-30+/t41-/m1/s1. The van der Waals surface area contributed by atoms with Gasteiger partial charge in [0.05, 0.1) is 6.61 Å². The molecule has 53 heavy (non-hydrogen) atoms. The fraction of sp³-hybridized carbons (Fsp3) is 0.605. The van der Waals surface area contributed by atoms with E-state index in [4.69, 9.17) is 19.3 Å². The van der Waals surface area contributed by atoms with Crippen LogP contribution in [-0.4, -0.2) is 46.8 Å². The number of hydrogen-bond acceptors (Lipinski definition) is 7. The number of carbonyl (C=O) groups excluding carboxylic acids is 3. The first-order valence-corrected chi connectivity index (χ1v) is 21.4. The molecule has 0 spiro atoms. The molecule has 0 fully saturated rings. The van der Waals surface area contributed by atoms with Crippen LogP contribution in [0.5, 0.6) is 0 Å². The Morgan fingerprint density at radius 3 is 1.62 bits per heavy atom. The van der Waals surface area contributed by atoms with Gasteiger partial charge >= 0.3 is 19.8 Å². The Morgan fingerprint density at radius 2 is 1.06 bits per heavy atom. The van der Waals surface area contributed by atoms with Crippen LogP contribution in [0, 0.1) is 0 Å². The van der Waals surface area contributed by atoms with Gasteiger partial charge in [-0.25, -0.2) is 4.57 Å².